The lowest BCUT2D eigenvalue weighted by molar-refractivity contribution is 0.100. The standard InChI is InChI=1S/C16H17N3O/c17-15-9-14(15)10-4-6-12(7-5-10)19-13-3-1-2-11(8-13)16(18)20/h1-8,14-15,19H,9,17H2,(H2,18,20). The van der Waals surface area contributed by atoms with E-state index < -0.39 is 5.91 Å². The Morgan fingerprint density at radius 2 is 1.80 bits per heavy atom. The fraction of sp³-hybridized carbons (Fsp3) is 0.188. The second kappa shape index (κ2) is 4.98. The fourth-order valence-corrected chi connectivity index (χ4v) is 2.33. The van der Waals surface area contributed by atoms with E-state index in [1.54, 1.807) is 18.2 Å². The minimum absolute atomic E-state index is 0.320. The molecule has 2 aromatic carbocycles. The third-order valence-electron chi connectivity index (χ3n) is 3.61. The lowest BCUT2D eigenvalue weighted by atomic mass is 10.1. The van der Waals surface area contributed by atoms with Crippen molar-refractivity contribution in [2.24, 2.45) is 11.5 Å². The van der Waals surface area contributed by atoms with Gasteiger partial charge in [0.15, 0.2) is 0 Å². The lowest BCUT2D eigenvalue weighted by Crippen LogP contribution is -2.10. The highest BCUT2D eigenvalue weighted by atomic mass is 16.1. The Kier molecular flexibility index (Phi) is 3.16. The molecule has 102 valence electrons. The molecule has 0 radical (unpaired) electrons. The Morgan fingerprint density at radius 1 is 1.10 bits per heavy atom. The molecule has 1 fully saturated rings. The number of benzene rings is 2. The van der Waals surface area contributed by atoms with Crippen molar-refractivity contribution in [3.63, 3.8) is 0 Å². The van der Waals surface area contributed by atoms with Crippen LogP contribution in [-0.4, -0.2) is 11.9 Å². The van der Waals surface area contributed by atoms with Crippen LogP contribution < -0.4 is 16.8 Å². The van der Waals surface area contributed by atoms with Crippen LogP contribution in [0.3, 0.4) is 0 Å². The number of hydrogen-bond donors (Lipinski definition) is 3. The lowest BCUT2D eigenvalue weighted by Gasteiger charge is -2.08. The van der Waals surface area contributed by atoms with Crippen LogP contribution in [0, 0.1) is 0 Å². The topological polar surface area (TPSA) is 81.1 Å². The first kappa shape index (κ1) is 12.7. The number of hydrogen-bond acceptors (Lipinski definition) is 3. The van der Waals surface area contributed by atoms with E-state index in [4.69, 9.17) is 11.5 Å². The number of nitrogens with two attached hydrogens (primary N) is 2. The first-order valence-corrected chi connectivity index (χ1v) is 6.66. The predicted molar refractivity (Wildman–Crippen MR) is 80.0 cm³/mol. The summed E-state index contributed by atoms with van der Waals surface area (Å²) in [6.45, 7) is 0. The van der Waals surface area contributed by atoms with Gasteiger partial charge in [-0.25, -0.2) is 0 Å². The zero-order valence-electron chi connectivity index (χ0n) is 11.0. The van der Waals surface area contributed by atoms with Crippen molar-refractivity contribution < 1.29 is 4.79 Å². The Labute approximate surface area is 117 Å². The number of rotatable bonds is 4. The molecular weight excluding hydrogens is 250 g/mol. The molecule has 0 bridgehead atoms. The first-order chi connectivity index (χ1) is 9.63. The van der Waals surface area contributed by atoms with Gasteiger partial charge in [0.25, 0.3) is 0 Å². The van der Waals surface area contributed by atoms with E-state index in [-0.39, 0.29) is 0 Å². The molecule has 2 atom stereocenters. The molecule has 3 rings (SSSR count). The molecule has 0 heterocycles. The monoisotopic (exact) mass is 267 g/mol. The van der Waals surface area contributed by atoms with Crippen LogP contribution in [0.2, 0.25) is 0 Å². The Hall–Kier alpha value is -2.33. The van der Waals surface area contributed by atoms with Crippen LogP contribution >= 0.6 is 0 Å². The van der Waals surface area contributed by atoms with Crippen molar-refractivity contribution in [3.8, 4) is 0 Å². The number of nitrogens with one attached hydrogen (secondary N) is 1. The summed E-state index contributed by atoms with van der Waals surface area (Å²) in [6.07, 6.45) is 1.08. The molecule has 2 aromatic rings. The highest BCUT2D eigenvalue weighted by Gasteiger charge is 2.34. The summed E-state index contributed by atoms with van der Waals surface area (Å²) in [5, 5.41) is 3.26. The maximum absolute atomic E-state index is 11.1. The molecule has 0 saturated heterocycles. The zero-order chi connectivity index (χ0) is 14.1. The average molecular weight is 267 g/mol. The average Bonchev–Trinajstić information content (AvgIpc) is 3.17. The molecule has 20 heavy (non-hydrogen) atoms. The van der Waals surface area contributed by atoms with E-state index in [0.29, 0.717) is 17.5 Å². The highest BCUT2D eigenvalue weighted by Crippen LogP contribution is 2.39. The third-order valence-corrected chi connectivity index (χ3v) is 3.61. The molecule has 0 aromatic heterocycles. The van der Waals surface area contributed by atoms with Crippen LogP contribution in [0.4, 0.5) is 11.4 Å². The van der Waals surface area contributed by atoms with Gasteiger partial charge in [0.05, 0.1) is 0 Å². The van der Waals surface area contributed by atoms with Crippen molar-refractivity contribution in [2.75, 3.05) is 5.32 Å². The smallest absolute Gasteiger partial charge is 0.248 e. The van der Waals surface area contributed by atoms with Gasteiger partial charge in [-0.2, -0.15) is 0 Å². The first-order valence-electron chi connectivity index (χ1n) is 6.66. The van der Waals surface area contributed by atoms with Crippen LogP contribution in [0.25, 0.3) is 0 Å². The molecule has 1 saturated carbocycles. The minimum Gasteiger partial charge on any atom is -0.366 e. The molecule has 0 aliphatic heterocycles. The summed E-state index contributed by atoms with van der Waals surface area (Å²) >= 11 is 0. The van der Waals surface area contributed by atoms with Crippen molar-refractivity contribution in [1.29, 1.82) is 0 Å². The molecule has 2 unspecified atom stereocenters. The van der Waals surface area contributed by atoms with Gasteiger partial charge in [-0.15, -0.1) is 0 Å². The van der Waals surface area contributed by atoms with Crippen LogP contribution in [-0.2, 0) is 0 Å². The van der Waals surface area contributed by atoms with E-state index >= 15 is 0 Å². The van der Waals surface area contributed by atoms with Crippen molar-refractivity contribution in [1.82, 2.24) is 0 Å². The van der Waals surface area contributed by atoms with Crippen molar-refractivity contribution in [2.45, 2.75) is 18.4 Å². The van der Waals surface area contributed by atoms with Crippen LogP contribution in [0.15, 0.2) is 48.5 Å². The molecular formula is C16H17N3O. The number of primary amides is 1. The maximum Gasteiger partial charge on any atom is 0.248 e. The van der Waals surface area contributed by atoms with Gasteiger partial charge in [-0.1, -0.05) is 18.2 Å². The van der Waals surface area contributed by atoms with Gasteiger partial charge in [-0.05, 0) is 42.3 Å². The number of carbonyl (C=O) groups is 1. The molecule has 1 amide bonds. The van der Waals surface area contributed by atoms with Gasteiger partial charge in [0, 0.05) is 28.9 Å². The molecule has 0 spiro atoms. The zero-order valence-corrected chi connectivity index (χ0v) is 11.0. The number of amides is 1. The predicted octanol–water partition coefficient (Wildman–Crippen LogP) is 2.34. The van der Waals surface area contributed by atoms with Gasteiger partial charge >= 0.3 is 0 Å². The number of anilines is 2. The van der Waals surface area contributed by atoms with Crippen LogP contribution in [0.5, 0.6) is 0 Å². The molecule has 5 N–H and O–H groups in total. The summed E-state index contributed by atoms with van der Waals surface area (Å²) in [4.78, 5) is 11.1. The quantitative estimate of drug-likeness (QED) is 0.795. The summed E-state index contributed by atoms with van der Waals surface area (Å²) < 4.78 is 0. The SMILES string of the molecule is NC(=O)c1cccc(Nc2ccc(C3CC3N)cc2)c1. The van der Waals surface area contributed by atoms with E-state index in [1.807, 2.05) is 18.2 Å². The van der Waals surface area contributed by atoms with E-state index in [0.717, 1.165) is 17.8 Å². The fourth-order valence-electron chi connectivity index (χ4n) is 2.33. The number of carbonyl (C=O) groups excluding carboxylic acids is 1. The van der Waals surface area contributed by atoms with Crippen molar-refractivity contribution in [3.05, 3.63) is 59.7 Å². The van der Waals surface area contributed by atoms with Crippen LogP contribution in [0.1, 0.15) is 28.3 Å². The second-order valence-electron chi connectivity index (χ2n) is 5.20. The summed E-state index contributed by atoms with van der Waals surface area (Å²) in [7, 11) is 0. The molecule has 1 aliphatic carbocycles. The normalized spacial score (nSPS) is 20.4. The van der Waals surface area contributed by atoms with Gasteiger partial charge in [-0.3, -0.25) is 4.79 Å². The third kappa shape index (κ3) is 2.65. The maximum atomic E-state index is 11.1. The molecule has 4 nitrogen and oxygen atoms in total. The van der Waals surface area contributed by atoms with E-state index in [2.05, 4.69) is 17.4 Å². The Balaban J connectivity index is 1.74. The van der Waals surface area contributed by atoms with E-state index in [1.165, 1.54) is 5.56 Å². The summed E-state index contributed by atoms with van der Waals surface area (Å²) in [5.41, 5.74) is 14.7. The highest BCUT2D eigenvalue weighted by molar-refractivity contribution is 5.93. The summed E-state index contributed by atoms with van der Waals surface area (Å²) in [6, 6.07) is 15.7. The second-order valence-corrected chi connectivity index (χ2v) is 5.20. The largest absolute Gasteiger partial charge is 0.366 e. The minimum atomic E-state index is -0.424. The molecule has 1 aliphatic rings. The summed E-state index contributed by atoms with van der Waals surface area (Å²) in [5.74, 6) is 0.0916. The van der Waals surface area contributed by atoms with Gasteiger partial charge in [0.2, 0.25) is 5.91 Å². The Bertz CT molecular complexity index is 636. The molecule has 4 heteroatoms. The van der Waals surface area contributed by atoms with Gasteiger partial charge < -0.3 is 16.8 Å². The van der Waals surface area contributed by atoms with Gasteiger partial charge in [0.1, 0.15) is 0 Å². The Morgan fingerprint density at radius 3 is 2.40 bits per heavy atom. The van der Waals surface area contributed by atoms with Crippen molar-refractivity contribution >= 4 is 17.3 Å². The van der Waals surface area contributed by atoms with E-state index in [9.17, 15) is 4.79 Å².